The summed E-state index contributed by atoms with van der Waals surface area (Å²) in [7, 11) is 0. The van der Waals surface area contributed by atoms with Crippen LogP contribution in [-0.2, 0) is 6.42 Å². The molecule has 0 spiro atoms. The fourth-order valence-corrected chi connectivity index (χ4v) is 6.66. The van der Waals surface area contributed by atoms with E-state index in [4.69, 9.17) is 19.4 Å². The van der Waals surface area contributed by atoms with Crippen molar-refractivity contribution in [3.63, 3.8) is 0 Å². The molecule has 0 fully saturated rings. The van der Waals surface area contributed by atoms with Crippen LogP contribution in [0.25, 0.3) is 73.0 Å². The molecular weight excluding hydrogens is 574 g/mol. The van der Waals surface area contributed by atoms with Crippen molar-refractivity contribution in [1.29, 1.82) is 0 Å². The molecule has 6 aromatic carbocycles. The van der Waals surface area contributed by atoms with Crippen molar-refractivity contribution in [3.8, 4) is 45.0 Å². The maximum Gasteiger partial charge on any atom is 0.164 e. The van der Waals surface area contributed by atoms with Crippen LogP contribution >= 0.6 is 0 Å². The number of nitrogens with zero attached hydrogens (tertiary/aromatic N) is 3. The number of hydrogen-bond donors (Lipinski definition) is 0. The summed E-state index contributed by atoms with van der Waals surface area (Å²) >= 11 is 0. The summed E-state index contributed by atoms with van der Waals surface area (Å²) < 4.78 is 6.45. The van der Waals surface area contributed by atoms with Gasteiger partial charge in [0.25, 0.3) is 0 Å². The van der Waals surface area contributed by atoms with Crippen LogP contribution in [0.1, 0.15) is 22.9 Å². The Hall–Kier alpha value is -6.13. The molecule has 0 bridgehead atoms. The van der Waals surface area contributed by atoms with E-state index in [9.17, 15) is 0 Å². The van der Waals surface area contributed by atoms with Gasteiger partial charge in [0.05, 0.1) is 0 Å². The molecule has 222 valence electrons. The van der Waals surface area contributed by atoms with Gasteiger partial charge in [0, 0.05) is 27.8 Å². The third-order valence-corrected chi connectivity index (χ3v) is 9.06. The van der Waals surface area contributed by atoms with Crippen LogP contribution in [-0.4, -0.2) is 15.0 Å². The number of benzene rings is 6. The molecule has 1 aliphatic carbocycles. The summed E-state index contributed by atoms with van der Waals surface area (Å²) in [5, 5.41) is 2.05. The first kappa shape index (κ1) is 27.2. The molecule has 2 aromatic heterocycles. The summed E-state index contributed by atoms with van der Waals surface area (Å²) in [6.45, 7) is 0. The van der Waals surface area contributed by atoms with E-state index in [0.717, 1.165) is 62.0 Å². The highest BCUT2D eigenvalue weighted by molar-refractivity contribution is 6.13. The molecule has 1 unspecified atom stereocenters. The van der Waals surface area contributed by atoms with Crippen molar-refractivity contribution in [3.05, 3.63) is 169 Å². The standard InChI is InChI=1S/C43H29N3O/c1-3-11-28(12-4-1)31-19-22-32(23-20-31)41-44-42(34-24-21-30-15-7-8-16-33(30)25-34)46-43(45-41)37-26-35(29-13-5-2-6-14-29)27-39-40(37)36-17-9-10-18-38(36)47-39/h1-24,26-27,34H,25H2. The Kier molecular flexibility index (Phi) is 6.57. The Bertz CT molecular complexity index is 2430. The van der Waals surface area contributed by atoms with Gasteiger partial charge in [-0.15, -0.1) is 0 Å². The first-order valence-corrected chi connectivity index (χ1v) is 16.0. The van der Waals surface area contributed by atoms with Crippen LogP contribution in [0.2, 0.25) is 0 Å². The predicted molar refractivity (Wildman–Crippen MR) is 191 cm³/mol. The zero-order chi connectivity index (χ0) is 31.2. The average Bonchev–Trinajstić information content (AvgIpc) is 3.53. The minimum Gasteiger partial charge on any atom is -0.456 e. The lowest BCUT2D eigenvalue weighted by Crippen LogP contribution is -2.12. The van der Waals surface area contributed by atoms with Gasteiger partial charge in [0.2, 0.25) is 0 Å². The van der Waals surface area contributed by atoms with E-state index in [2.05, 4.69) is 133 Å². The quantitative estimate of drug-likeness (QED) is 0.196. The molecule has 0 amide bonds. The van der Waals surface area contributed by atoms with E-state index in [1.807, 2.05) is 24.3 Å². The second kappa shape index (κ2) is 11.3. The van der Waals surface area contributed by atoms with Crippen LogP contribution in [0.5, 0.6) is 0 Å². The van der Waals surface area contributed by atoms with E-state index < -0.39 is 0 Å². The average molecular weight is 604 g/mol. The van der Waals surface area contributed by atoms with Crippen molar-refractivity contribution in [1.82, 2.24) is 15.0 Å². The third-order valence-electron chi connectivity index (χ3n) is 9.06. The van der Waals surface area contributed by atoms with Crippen LogP contribution in [0.4, 0.5) is 0 Å². The highest BCUT2D eigenvalue weighted by Crippen LogP contribution is 2.40. The molecule has 4 nitrogen and oxygen atoms in total. The second-order valence-electron chi connectivity index (χ2n) is 12.0. The van der Waals surface area contributed by atoms with Gasteiger partial charge in [-0.05, 0) is 58.0 Å². The number of furan rings is 1. The summed E-state index contributed by atoms with van der Waals surface area (Å²) in [5.74, 6) is 2.07. The molecule has 47 heavy (non-hydrogen) atoms. The smallest absolute Gasteiger partial charge is 0.164 e. The molecule has 0 radical (unpaired) electrons. The molecule has 1 aliphatic rings. The molecule has 8 aromatic rings. The van der Waals surface area contributed by atoms with Crippen LogP contribution in [0.15, 0.2) is 156 Å². The molecule has 9 rings (SSSR count). The zero-order valence-electron chi connectivity index (χ0n) is 25.5. The van der Waals surface area contributed by atoms with Gasteiger partial charge in [-0.2, -0.15) is 0 Å². The summed E-state index contributed by atoms with van der Waals surface area (Å²) in [4.78, 5) is 15.6. The molecule has 0 N–H and O–H groups in total. The summed E-state index contributed by atoms with van der Waals surface area (Å²) in [5.41, 5.74) is 10.5. The van der Waals surface area contributed by atoms with Crippen molar-refractivity contribution in [2.45, 2.75) is 12.3 Å². The number of rotatable bonds is 5. The Labute approximate surface area is 272 Å². The minimum atomic E-state index is 0.0166. The maximum atomic E-state index is 6.45. The Balaban J connectivity index is 1.26. The lowest BCUT2D eigenvalue weighted by molar-refractivity contribution is 0.669. The number of aromatic nitrogens is 3. The van der Waals surface area contributed by atoms with E-state index >= 15 is 0 Å². The molecule has 0 saturated carbocycles. The van der Waals surface area contributed by atoms with Gasteiger partial charge >= 0.3 is 0 Å². The highest BCUT2D eigenvalue weighted by Gasteiger charge is 2.23. The van der Waals surface area contributed by atoms with Gasteiger partial charge in [-0.3, -0.25) is 0 Å². The van der Waals surface area contributed by atoms with E-state index in [0.29, 0.717) is 11.6 Å². The third kappa shape index (κ3) is 5.01. The largest absolute Gasteiger partial charge is 0.456 e. The van der Waals surface area contributed by atoms with E-state index in [1.165, 1.54) is 16.7 Å². The maximum absolute atomic E-state index is 6.45. The van der Waals surface area contributed by atoms with Crippen LogP contribution in [0, 0.1) is 0 Å². The van der Waals surface area contributed by atoms with Crippen LogP contribution < -0.4 is 0 Å². The molecule has 2 heterocycles. The van der Waals surface area contributed by atoms with Gasteiger partial charge in [0.1, 0.15) is 17.0 Å². The van der Waals surface area contributed by atoms with Crippen LogP contribution in [0.3, 0.4) is 0 Å². The van der Waals surface area contributed by atoms with Gasteiger partial charge in [-0.25, -0.2) is 15.0 Å². The number of allylic oxidation sites excluding steroid dienone is 1. The van der Waals surface area contributed by atoms with E-state index in [-0.39, 0.29) is 5.92 Å². The molecule has 4 heteroatoms. The second-order valence-corrected chi connectivity index (χ2v) is 12.0. The zero-order valence-corrected chi connectivity index (χ0v) is 25.5. The molecule has 0 saturated heterocycles. The molecule has 0 aliphatic heterocycles. The first-order valence-electron chi connectivity index (χ1n) is 16.0. The van der Waals surface area contributed by atoms with Crippen molar-refractivity contribution < 1.29 is 4.42 Å². The molecule has 1 atom stereocenters. The normalized spacial score (nSPS) is 14.0. The summed E-state index contributed by atoms with van der Waals surface area (Å²) in [6.07, 6.45) is 5.25. The highest BCUT2D eigenvalue weighted by atomic mass is 16.3. The SMILES string of the molecule is C1=CC(c2nc(-c3ccc(-c4ccccc4)cc3)nc(-c3cc(-c4ccccc4)cc4oc5ccccc5c34)n2)Cc2ccccc21. The first-order chi connectivity index (χ1) is 23.3. The Morgan fingerprint density at radius 1 is 0.511 bits per heavy atom. The fraction of sp³-hybridized carbons (Fsp3) is 0.0465. The van der Waals surface area contributed by atoms with Crippen molar-refractivity contribution >= 4 is 28.0 Å². The predicted octanol–water partition coefficient (Wildman–Crippen LogP) is 10.8. The topological polar surface area (TPSA) is 51.8 Å². The van der Waals surface area contributed by atoms with Gasteiger partial charge < -0.3 is 4.42 Å². The van der Waals surface area contributed by atoms with Crippen molar-refractivity contribution in [2.75, 3.05) is 0 Å². The lowest BCUT2D eigenvalue weighted by atomic mass is 9.89. The monoisotopic (exact) mass is 603 g/mol. The van der Waals surface area contributed by atoms with E-state index in [1.54, 1.807) is 0 Å². The Morgan fingerprint density at radius 2 is 1.15 bits per heavy atom. The fourth-order valence-electron chi connectivity index (χ4n) is 6.66. The minimum absolute atomic E-state index is 0.0166. The van der Waals surface area contributed by atoms with Gasteiger partial charge in [-0.1, -0.05) is 140 Å². The summed E-state index contributed by atoms with van der Waals surface area (Å²) in [6, 6.07) is 50.4. The van der Waals surface area contributed by atoms with Crippen molar-refractivity contribution in [2.24, 2.45) is 0 Å². The number of hydrogen-bond acceptors (Lipinski definition) is 4. The lowest BCUT2D eigenvalue weighted by Gasteiger charge is -2.19. The van der Waals surface area contributed by atoms with Gasteiger partial charge in [0.15, 0.2) is 11.6 Å². The number of fused-ring (bicyclic) bond motifs is 4. The molecular formula is C43H29N3O. The Morgan fingerprint density at radius 3 is 1.96 bits per heavy atom. The number of para-hydroxylation sites is 1.